The normalized spacial score (nSPS) is 24.4. The number of aliphatic carboxylic acids is 1. The average molecular weight is 255 g/mol. The standard InChI is InChI=1S/C11H17N3O4/c1-7(4-12)5-13(2)11(18)14-6-8(15)3-9(14)10(16)17/h7-9,15H,3,5-6H2,1-2H3,(H,16,17)/t7?,8-,9-/m1/s1. The van der Waals surface area contributed by atoms with E-state index in [-0.39, 0.29) is 25.4 Å². The number of carboxylic acid groups (broad SMARTS) is 1. The highest BCUT2D eigenvalue weighted by atomic mass is 16.4. The summed E-state index contributed by atoms with van der Waals surface area (Å²) in [5, 5.41) is 27.1. The Morgan fingerprint density at radius 1 is 1.61 bits per heavy atom. The smallest absolute Gasteiger partial charge is 0.326 e. The second-order valence-corrected chi connectivity index (χ2v) is 4.59. The molecule has 1 aliphatic rings. The molecule has 18 heavy (non-hydrogen) atoms. The number of amides is 2. The minimum atomic E-state index is -1.12. The van der Waals surface area contributed by atoms with Crippen LogP contribution in [0.4, 0.5) is 4.79 Å². The monoisotopic (exact) mass is 255 g/mol. The molecule has 1 aliphatic heterocycles. The number of carbonyl (C=O) groups is 2. The Morgan fingerprint density at radius 3 is 2.72 bits per heavy atom. The van der Waals surface area contributed by atoms with Crippen molar-refractivity contribution in [3.63, 3.8) is 0 Å². The highest BCUT2D eigenvalue weighted by Gasteiger charge is 2.40. The van der Waals surface area contributed by atoms with Gasteiger partial charge in [0.2, 0.25) is 0 Å². The zero-order valence-corrected chi connectivity index (χ0v) is 10.4. The first-order valence-corrected chi connectivity index (χ1v) is 5.69. The molecule has 2 N–H and O–H groups in total. The van der Waals surface area contributed by atoms with Gasteiger partial charge in [-0.15, -0.1) is 0 Å². The third-order valence-corrected chi connectivity index (χ3v) is 2.90. The van der Waals surface area contributed by atoms with Crippen molar-refractivity contribution < 1.29 is 19.8 Å². The Bertz CT molecular complexity index is 379. The molecular weight excluding hydrogens is 238 g/mol. The number of nitriles is 1. The van der Waals surface area contributed by atoms with Crippen molar-refractivity contribution in [2.75, 3.05) is 20.1 Å². The number of hydrogen-bond donors (Lipinski definition) is 2. The number of nitrogens with zero attached hydrogens (tertiary/aromatic N) is 3. The zero-order chi connectivity index (χ0) is 13.9. The lowest BCUT2D eigenvalue weighted by atomic mass is 10.2. The summed E-state index contributed by atoms with van der Waals surface area (Å²) in [6.07, 6.45) is -0.764. The maximum atomic E-state index is 12.0. The van der Waals surface area contributed by atoms with E-state index in [2.05, 4.69) is 0 Å². The van der Waals surface area contributed by atoms with Crippen molar-refractivity contribution in [3.8, 4) is 6.07 Å². The van der Waals surface area contributed by atoms with Crippen molar-refractivity contribution in [1.29, 1.82) is 5.26 Å². The number of hydrogen-bond acceptors (Lipinski definition) is 4. The van der Waals surface area contributed by atoms with Crippen molar-refractivity contribution in [2.45, 2.75) is 25.5 Å². The summed E-state index contributed by atoms with van der Waals surface area (Å²) >= 11 is 0. The van der Waals surface area contributed by atoms with E-state index >= 15 is 0 Å². The Balaban J connectivity index is 2.71. The Kier molecular flexibility index (Phi) is 4.50. The SMILES string of the molecule is CC(C#N)CN(C)C(=O)N1C[C@H](O)C[C@@H]1C(=O)O. The van der Waals surface area contributed by atoms with Crippen LogP contribution in [0, 0.1) is 17.2 Å². The summed E-state index contributed by atoms with van der Waals surface area (Å²) in [6.45, 7) is 1.92. The second-order valence-electron chi connectivity index (χ2n) is 4.59. The maximum absolute atomic E-state index is 12.0. The number of β-amino-alcohol motifs (C(OH)–C–C–N with tert-alkyl or cyclic N) is 1. The van der Waals surface area contributed by atoms with E-state index in [9.17, 15) is 14.7 Å². The summed E-state index contributed by atoms with van der Waals surface area (Å²) in [4.78, 5) is 25.5. The van der Waals surface area contributed by atoms with Crippen LogP contribution in [-0.2, 0) is 4.79 Å². The number of urea groups is 1. The summed E-state index contributed by atoms with van der Waals surface area (Å²) in [7, 11) is 1.51. The van der Waals surface area contributed by atoms with Crippen molar-refractivity contribution in [2.24, 2.45) is 5.92 Å². The lowest BCUT2D eigenvalue weighted by Gasteiger charge is -2.27. The fourth-order valence-corrected chi connectivity index (χ4v) is 2.01. The number of aliphatic hydroxyl groups excluding tert-OH is 1. The van der Waals surface area contributed by atoms with Crippen molar-refractivity contribution in [3.05, 3.63) is 0 Å². The summed E-state index contributed by atoms with van der Waals surface area (Å²) in [5.41, 5.74) is 0. The molecule has 0 spiro atoms. The molecule has 1 saturated heterocycles. The van der Waals surface area contributed by atoms with E-state index < -0.39 is 24.1 Å². The number of likely N-dealkylation sites (tertiary alicyclic amines) is 1. The highest BCUT2D eigenvalue weighted by molar-refractivity contribution is 5.83. The fraction of sp³-hybridized carbons (Fsp3) is 0.727. The topological polar surface area (TPSA) is 105 Å². The molecule has 0 aromatic rings. The lowest BCUT2D eigenvalue weighted by molar-refractivity contribution is -0.141. The van der Waals surface area contributed by atoms with Crippen LogP contribution in [0.2, 0.25) is 0 Å². The van der Waals surface area contributed by atoms with Crippen LogP contribution < -0.4 is 0 Å². The predicted octanol–water partition coefficient (Wildman–Crippen LogP) is -0.282. The molecule has 1 unspecified atom stereocenters. The van der Waals surface area contributed by atoms with E-state index in [0.29, 0.717) is 0 Å². The van der Waals surface area contributed by atoms with Crippen LogP contribution in [0.1, 0.15) is 13.3 Å². The van der Waals surface area contributed by atoms with E-state index in [1.807, 2.05) is 6.07 Å². The van der Waals surface area contributed by atoms with Gasteiger partial charge in [-0.3, -0.25) is 0 Å². The van der Waals surface area contributed by atoms with Gasteiger partial charge in [-0.25, -0.2) is 9.59 Å². The molecular formula is C11H17N3O4. The van der Waals surface area contributed by atoms with Crippen LogP contribution in [0.15, 0.2) is 0 Å². The fourth-order valence-electron chi connectivity index (χ4n) is 2.01. The summed E-state index contributed by atoms with van der Waals surface area (Å²) < 4.78 is 0. The highest BCUT2D eigenvalue weighted by Crippen LogP contribution is 2.19. The minimum absolute atomic E-state index is 0.0150. The van der Waals surface area contributed by atoms with E-state index in [4.69, 9.17) is 10.4 Å². The molecule has 0 radical (unpaired) electrons. The largest absolute Gasteiger partial charge is 0.480 e. The molecule has 0 aromatic carbocycles. The number of rotatable bonds is 3. The molecule has 0 saturated carbocycles. The van der Waals surface area contributed by atoms with E-state index in [1.54, 1.807) is 6.92 Å². The Labute approximate surface area is 105 Å². The van der Waals surface area contributed by atoms with E-state index in [0.717, 1.165) is 4.90 Å². The molecule has 7 nitrogen and oxygen atoms in total. The van der Waals surface area contributed by atoms with Gasteiger partial charge in [0.15, 0.2) is 0 Å². The molecule has 0 aromatic heterocycles. The van der Waals surface area contributed by atoms with Crippen LogP contribution in [0.3, 0.4) is 0 Å². The first-order chi connectivity index (χ1) is 8.36. The van der Waals surface area contributed by atoms with Crippen LogP contribution >= 0.6 is 0 Å². The molecule has 3 atom stereocenters. The lowest BCUT2D eigenvalue weighted by Crippen LogP contribution is -2.47. The quantitative estimate of drug-likeness (QED) is 0.721. The van der Waals surface area contributed by atoms with E-state index in [1.165, 1.54) is 11.9 Å². The van der Waals surface area contributed by atoms with Gasteiger partial charge in [0.25, 0.3) is 0 Å². The first-order valence-electron chi connectivity index (χ1n) is 5.69. The number of aliphatic hydroxyl groups is 1. The maximum Gasteiger partial charge on any atom is 0.326 e. The third-order valence-electron chi connectivity index (χ3n) is 2.90. The number of carboxylic acids is 1. The van der Waals surface area contributed by atoms with Gasteiger partial charge in [0, 0.05) is 26.6 Å². The first kappa shape index (κ1) is 14.3. The Hall–Kier alpha value is -1.81. The number of carbonyl (C=O) groups excluding carboxylic acids is 1. The summed E-state index contributed by atoms with van der Waals surface area (Å²) in [6, 6.07) is 0.541. The van der Waals surface area contributed by atoms with Crippen molar-refractivity contribution >= 4 is 12.0 Å². The van der Waals surface area contributed by atoms with Gasteiger partial charge in [0.05, 0.1) is 18.1 Å². The Morgan fingerprint density at radius 2 is 2.22 bits per heavy atom. The van der Waals surface area contributed by atoms with Gasteiger partial charge in [-0.1, -0.05) is 0 Å². The molecule has 0 aliphatic carbocycles. The van der Waals surface area contributed by atoms with Gasteiger partial charge in [-0.05, 0) is 6.92 Å². The summed E-state index contributed by atoms with van der Waals surface area (Å²) in [5.74, 6) is -1.45. The molecule has 100 valence electrons. The van der Waals surface area contributed by atoms with Gasteiger partial charge >= 0.3 is 12.0 Å². The molecule has 2 amide bonds. The minimum Gasteiger partial charge on any atom is -0.480 e. The van der Waals surface area contributed by atoms with Crippen LogP contribution in [0.5, 0.6) is 0 Å². The van der Waals surface area contributed by atoms with Gasteiger partial charge < -0.3 is 20.0 Å². The van der Waals surface area contributed by atoms with Crippen LogP contribution in [0.25, 0.3) is 0 Å². The molecule has 0 bridgehead atoms. The molecule has 7 heteroatoms. The molecule has 1 rings (SSSR count). The zero-order valence-electron chi connectivity index (χ0n) is 10.4. The molecule has 1 heterocycles. The third kappa shape index (κ3) is 3.11. The van der Waals surface area contributed by atoms with Crippen LogP contribution in [-0.4, -0.2) is 64.3 Å². The second kappa shape index (κ2) is 5.69. The van der Waals surface area contributed by atoms with Gasteiger partial charge in [0.1, 0.15) is 6.04 Å². The average Bonchev–Trinajstić information content (AvgIpc) is 2.70. The van der Waals surface area contributed by atoms with Crippen molar-refractivity contribution in [1.82, 2.24) is 9.80 Å². The molecule has 1 fully saturated rings. The predicted molar refractivity (Wildman–Crippen MR) is 61.6 cm³/mol. The van der Waals surface area contributed by atoms with Gasteiger partial charge in [-0.2, -0.15) is 5.26 Å².